The second kappa shape index (κ2) is 7.34. The Bertz CT molecular complexity index is 585. The van der Waals surface area contributed by atoms with Crippen molar-refractivity contribution in [2.45, 2.75) is 62.8 Å². The molecule has 3 fully saturated rings. The van der Waals surface area contributed by atoms with Gasteiger partial charge in [0, 0.05) is 37.3 Å². The van der Waals surface area contributed by atoms with Gasteiger partial charge in [0.15, 0.2) is 0 Å². The summed E-state index contributed by atoms with van der Waals surface area (Å²) in [6.45, 7) is 1.43. The highest BCUT2D eigenvalue weighted by atomic mass is 16.5. The van der Waals surface area contributed by atoms with E-state index in [9.17, 15) is 4.79 Å². The number of piperidine rings is 1. The first-order valence-corrected chi connectivity index (χ1v) is 9.57. The molecule has 0 aromatic heterocycles. The second-order valence-electron chi connectivity index (χ2n) is 7.65. The lowest BCUT2D eigenvalue weighted by molar-refractivity contribution is 0.0671. The van der Waals surface area contributed by atoms with Crippen LogP contribution in [0.4, 0.5) is 0 Å². The molecule has 3 unspecified atom stereocenters. The van der Waals surface area contributed by atoms with Gasteiger partial charge in [0.2, 0.25) is 0 Å². The average Bonchev–Trinajstić information content (AvgIpc) is 3.28. The molecule has 1 N–H and O–H groups in total. The van der Waals surface area contributed by atoms with Gasteiger partial charge in [0.25, 0.3) is 5.91 Å². The monoisotopic (exact) mass is 344 g/mol. The number of amides is 1. The summed E-state index contributed by atoms with van der Waals surface area (Å²) in [7, 11) is 1.94. The van der Waals surface area contributed by atoms with Gasteiger partial charge in [-0.1, -0.05) is 0 Å². The number of ether oxygens (including phenoxy) is 2. The van der Waals surface area contributed by atoms with E-state index in [1.54, 1.807) is 0 Å². The van der Waals surface area contributed by atoms with Gasteiger partial charge in [-0.2, -0.15) is 0 Å². The van der Waals surface area contributed by atoms with E-state index < -0.39 is 0 Å². The van der Waals surface area contributed by atoms with Crippen molar-refractivity contribution >= 4 is 5.91 Å². The summed E-state index contributed by atoms with van der Waals surface area (Å²) >= 11 is 0. The van der Waals surface area contributed by atoms with Crippen LogP contribution in [0.3, 0.4) is 0 Å². The van der Waals surface area contributed by atoms with E-state index in [0.717, 1.165) is 43.6 Å². The van der Waals surface area contributed by atoms with Gasteiger partial charge in [-0.25, -0.2) is 0 Å². The van der Waals surface area contributed by atoms with Crippen LogP contribution in [-0.2, 0) is 4.74 Å². The van der Waals surface area contributed by atoms with Gasteiger partial charge in [-0.3, -0.25) is 4.79 Å². The molecule has 1 aromatic rings. The molecule has 3 aliphatic rings. The third-order valence-electron chi connectivity index (χ3n) is 5.88. The SMILES string of the molecule is CN(C(=O)c1ccc(OCC2CCCO2)cc1)C1CC2CCC(C1)N2. The van der Waals surface area contributed by atoms with Crippen LogP contribution in [0.25, 0.3) is 0 Å². The summed E-state index contributed by atoms with van der Waals surface area (Å²) in [6.07, 6.45) is 7.04. The molecule has 3 saturated heterocycles. The molecule has 136 valence electrons. The van der Waals surface area contributed by atoms with Crippen molar-refractivity contribution in [3.05, 3.63) is 29.8 Å². The minimum atomic E-state index is 0.108. The van der Waals surface area contributed by atoms with Gasteiger partial charge in [0.05, 0.1) is 6.10 Å². The second-order valence-corrected chi connectivity index (χ2v) is 7.65. The lowest BCUT2D eigenvalue weighted by Crippen LogP contribution is -2.48. The van der Waals surface area contributed by atoms with Gasteiger partial charge in [-0.05, 0) is 62.8 Å². The van der Waals surface area contributed by atoms with Crippen molar-refractivity contribution in [3.8, 4) is 5.75 Å². The van der Waals surface area contributed by atoms with Crippen molar-refractivity contribution in [3.63, 3.8) is 0 Å². The van der Waals surface area contributed by atoms with Crippen LogP contribution in [0.15, 0.2) is 24.3 Å². The summed E-state index contributed by atoms with van der Waals surface area (Å²) in [5.74, 6) is 0.909. The van der Waals surface area contributed by atoms with Crippen LogP contribution in [0, 0.1) is 0 Å². The molecule has 0 radical (unpaired) electrons. The lowest BCUT2D eigenvalue weighted by Gasteiger charge is -2.35. The predicted molar refractivity (Wildman–Crippen MR) is 96.0 cm³/mol. The molecule has 3 heterocycles. The minimum Gasteiger partial charge on any atom is -0.491 e. The standard InChI is InChI=1S/C20H28N2O3/c1-22(17-11-15-6-7-16(12-17)21-15)20(23)14-4-8-18(9-5-14)25-13-19-3-2-10-24-19/h4-5,8-9,15-17,19,21H,2-3,6-7,10-13H2,1H3. The number of hydrogen-bond acceptors (Lipinski definition) is 4. The molecule has 0 saturated carbocycles. The van der Waals surface area contributed by atoms with Gasteiger partial charge < -0.3 is 19.7 Å². The first-order chi connectivity index (χ1) is 12.2. The topological polar surface area (TPSA) is 50.8 Å². The fourth-order valence-electron chi connectivity index (χ4n) is 4.37. The Morgan fingerprint density at radius 2 is 1.92 bits per heavy atom. The number of hydrogen-bond donors (Lipinski definition) is 1. The zero-order chi connectivity index (χ0) is 17.2. The molecule has 5 heteroatoms. The maximum Gasteiger partial charge on any atom is 0.253 e. The van der Waals surface area contributed by atoms with Gasteiger partial charge in [-0.15, -0.1) is 0 Å². The summed E-state index contributed by atoms with van der Waals surface area (Å²) in [5, 5.41) is 3.63. The zero-order valence-electron chi connectivity index (χ0n) is 14.9. The fourth-order valence-corrected chi connectivity index (χ4v) is 4.37. The molecular weight excluding hydrogens is 316 g/mol. The van der Waals surface area contributed by atoms with E-state index >= 15 is 0 Å². The summed E-state index contributed by atoms with van der Waals surface area (Å²) in [6, 6.07) is 9.06. The molecule has 3 aliphatic heterocycles. The van der Waals surface area contributed by atoms with Crippen LogP contribution in [0.2, 0.25) is 0 Å². The predicted octanol–water partition coefficient (Wildman–Crippen LogP) is 2.60. The number of carbonyl (C=O) groups is 1. The van der Waals surface area contributed by atoms with Crippen LogP contribution in [0.1, 0.15) is 48.9 Å². The molecule has 5 nitrogen and oxygen atoms in total. The Morgan fingerprint density at radius 3 is 2.56 bits per heavy atom. The molecule has 3 atom stereocenters. The Morgan fingerprint density at radius 1 is 1.20 bits per heavy atom. The third kappa shape index (κ3) is 3.82. The summed E-state index contributed by atoms with van der Waals surface area (Å²) < 4.78 is 11.3. The van der Waals surface area contributed by atoms with Crippen LogP contribution < -0.4 is 10.1 Å². The molecule has 1 amide bonds. The van der Waals surface area contributed by atoms with Crippen molar-refractivity contribution in [2.24, 2.45) is 0 Å². The molecule has 0 aliphatic carbocycles. The smallest absolute Gasteiger partial charge is 0.253 e. The van der Waals surface area contributed by atoms with E-state index in [0.29, 0.717) is 24.7 Å². The molecule has 0 spiro atoms. The summed E-state index contributed by atoms with van der Waals surface area (Å²) in [5.41, 5.74) is 0.734. The highest BCUT2D eigenvalue weighted by Crippen LogP contribution is 2.30. The van der Waals surface area contributed by atoms with E-state index in [4.69, 9.17) is 9.47 Å². The van der Waals surface area contributed by atoms with E-state index in [1.165, 1.54) is 12.8 Å². The lowest BCUT2D eigenvalue weighted by atomic mass is 9.98. The minimum absolute atomic E-state index is 0.108. The van der Waals surface area contributed by atoms with Crippen molar-refractivity contribution in [1.29, 1.82) is 0 Å². The van der Waals surface area contributed by atoms with Gasteiger partial charge >= 0.3 is 0 Å². The normalized spacial score (nSPS) is 31.1. The van der Waals surface area contributed by atoms with E-state index in [1.807, 2.05) is 36.2 Å². The van der Waals surface area contributed by atoms with Crippen molar-refractivity contribution < 1.29 is 14.3 Å². The fraction of sp³-hybridized carbons (Fsp3) is 0.650. The van der Waals surface area contributed by atoms with Gasteiger partial charge in [0.1, 0.15) is 12.4 Å². The highest BCUT2D eigenvalue weighted by molar-refractivity contribution is 5.94. The molecule has 4 rings (SSSR count). The number of carbonyl (C=O) groups excluding carboxylic acids is 1. The third-order valence-corrected chi connectivity index (χ3v) is 5.88. The largest absolute Gasteiger partial charge is 0.491 e. The Labute approximate surface area is 149 Å². The van der Waals surface area contributed by atoms with E-state index in [-0.39, 0.29) is 12.0 Å². The molecule has 25 heavy (non-hydrogen) atoms. The molecule has 1 aromatic carbocycles. The van der Waals surface area contributed by atoms with Crippen LogP contribution in [-0.4, -0.2) is 55.3 Å². The Balaban J connectivity index is 1.33. The maximum atomic E-state index is 12.8. The number of fused-ring (bicyclic) bond motifs is 2. The van der Waals surface area contributed by atoms with Crippen LogP contribution >= 0.6 is 0 Å². The van der Waals surface area contributed by atoms with Crippen molar-refractivity contribution in [1.82, 2.24) is 10.2 Å². The van der Waals surface area contributed by atoms with Crippen molar-refractivity contribution in [2.75, 3.05) is 20.3 Å². The summed E-state index contributed by atoms with van der Waals surface area (Å²) in [4.78, 5) is 14.7. The highest BCUT2D eigenvalue weighted by Gasteiger charge is 2.36. The molecule has 2 bridgehead atoms. The quantitative estimate of drug-likeness (QED) is 0.892. The number of benzene rings is 1. The first kappa shape index (κ1) is 16.9. The Hall–Kier alpha value is -1.59. The Kier molecular flexibility index (Phi) is 4.95. The van der Waals surface area contributed by atoms with Crippen LogP contribution in [0.5, 0.6) is 5.75 Å². The number of nitrogens with one attached hydrogen (secondary N) is 1. The number of rotatable bonds is 5. The molecular formula is C20H28N2O3. The zero-order valence-corrected chi connectivity index (χ0v) is 14.9. The first-order valence-electron chi connectivity index (χ1n) is 9.57. The van der Waals surface area contributed by atoms with E-state index in [2.05, 4.69) is 5.32 Å². The average molecular weight is 344 g/mol. The number of nitrogens with zero attached hydrogens (tertiary/aromatic N) is 1. The maximum absolute atomic E-state index is 12.8.